The highest BCUT2D eigenvalue weighted by Crippen LogP contribution is 2.26. The molecule has 0 aromatic carbocycles. The predicted molar refractivity (Wildman–Crippen MR) is 63.4 cm³/mol. The molecule has 0 heterocycles. The molecule has 0 aliphatic rings. The van der Waals surface area contributed by atoms with Gasteiger partial charge in [-0.3, -0.25) is 0 Å². The highest BCUT2D eigenvalue weighted by Gasteiger charge is 2.23. The van der Waals surface area contributed by atoms with Gasteiger partial charge >= 0.3 is 0 Å². The molecule has 0 aromatic rings. The van der Waals surface area contributed by atoms with Gasteiger partial charge in [-0.1, -0.05) is 53.4 Å². The van der Waals surface area contributed by atoms with Gasteiger partial charge in [0.05, 0.1) is 6.10 Å². The summed E-state index contributed by atoms with van der Waals surface area (Å²) in [5.41, 5.74) is 0. The maximum Gasteiger partial charge on any atom is 0.0596 e. The molecule has 0 rings (SSSR count). The van der Waals surface area contributed by atoms with E-state index < -0.39 is 0 Å². The first-order valence-electron chi connectivity index (χ1n) is 6.39. The molecule has 0 aliphatic carbocycles. The Morgan fingerprint density at radius 1 is 0.786 bits per heavy atom. The van der Waals surface area contributed by atoms with Crippen LogP contribution in [0.1, 0.15) is 66.2 Å². The second kappa shape index (κ2) is 8.28. The molecule has 1 unspecified atom stereocenters. The first kappa shape index (κ1) is 14.0. The molecule has 0 aliphatic heterocycles. The smallest absolute Gasteiger partial charge is 0.0596 e. The van der Waals surface area contributed by atoms with Crippen molar-refractivity contribution in [2.45, 2.75) is 72.3 Å². The number of hydrogen-bond donors (Lipinski definition) is 1. The van der Waals surface area contributed by atoms with Gasteiger partial charge in [-0.2, -0.15) is 0 Å². The minimum Gasteiger partial charge on any atom is -0.393 e. The van der Waals surface area contributed by atoms with Gasteiger partial charge in [0.25, 0.3) is 0 Å². The highest BCUT2D eigenvalue weighted by atomic mass is 16.3. The lowest BCUT2D eigenvalue weighted by Gasteiger charge is -2.28. The molecule has 1 atom stereocenters. The molecular formula is C13H28O. The van der Waals surface area contributed by atoms with Gasteiger partial charge < -0.3 is 5.11 Å². The summed E-state index contributed by atoms with van der Waals surface area (Å²) in [6.07, 6.45) is 6.93. The van der Waals surface area contributed by atoms with Crippen LogP contribution in [0.3, 0.4) is 0 Å². The Balaban J connectivity index is 4.16. The Bertz CT molecular complexity index is 112. The number of aliphatic hydroxyl groups is 1. The molecule has 86 valence electrons. The molecule has 0 aromatic heterocycles. The third-order valence-corrected chi connectivity index (χ3v) is 3.33. The van der Waals surface area contributed by atoms with E-state index in [-0.39, 0.29) is 6.10 Å². The highest BCUT2D eigenvalue weighted by molar-refractivity contribution is 4.74. The van der Waals surface area contributed by atoms with Crippen molar-refractivity contribution in [2.75, 3.05) is 0 Å². The average Bonchev–Trinajstić information content (AvgIpc) is 2.19. The third-order valence-electron chi connectivity index (χ3n) is 3.33. The van der Waals surface area contributed by atoms with Crippen molar-refractivity contribution in [1.29, 1.82) is 0 Å². The summed E-state index contributed by atoms with van der Waals surface area (Å²) in [6, 6.07) is 0. The van der Waals surface area contributed by atoms with Gasteiger partial charge in [-0.05, 0) is 24.7 Å². The van der Waals surface area contributed by atoms with Crippen LogP contribution in [0, 0.1) is 11.8 Å². The molecule has 0 radical (unpaired) electrons. The molecule has 0 spiro atoms. The van der Waals surface area contributed by atoms with Crippen LogP contribution >= 0.6 is 0 Å². The van der Waals surface area contributed by atoms with E-state index in [1.165, 1.54) is 25.7 Å². The fraction of sp³-hybridized carbons (Fsp3) is 1.00. The molecule has 1 heteroatoms. The maximum atomic E-state index is 10.2. The Morgan fingerprint density at radius 2 is 1.21 bits per heavy atom. The number of hydrogen-bond acceptors (Lipinski definition) is 1. The second-order valence-electron chi connectivity index (χ2n) is 4.40. The van der Waals surface area contributed by atoms with E-state index in [2.05, 4.69) is 27.7 Å². The van der Waals surface area contributed by atoms with Crippen molar-refractivity contribution in [3.8, 4) is 0 Å². The maximum absolute atomic E-state index is 10.2. The first-order chi connectivity index (χ1) is 6.71. The lowest BCUT2D eigenvalue weighted by molar-refractivity contribution is 0.0380. The van der Waals surface area contributed by atoms with E-state index in [9.17, 15) is 5.11 Å². The first-order valence-corrected chi connectivity index (χ1v) is 6.39. The second-order valence-corrected chi connectivity index (χ2v) is 4.40. The molecule has 0 saturated carbocycles. The zero-order valence-electron chi connectivity index (χ0n) is 10.4. The van der Waals surface area contributed by atoms with E-state index >= 15 is 0 Å². The molecule has 0 saturated heterocycles. The van der Waals surface area contributed by atoms with Crippen LogP contribution in [0.4, 0.5) is 0 Å². The Hall–Kier alpha value is -0.0400. The SMILES string of the molecule is CCCC(CCC)C(O)C(CC)CC. The topological polar surface area (TPSA) is 20.2 Å². The monoisotopic (exact) mass is 200 g/mol. The van der Waals surface area contributed by atoms with Crippen LogP contribution in [0.25, 0.3) is 0 Å². The van der Waals surface area contributed by atoms with Crippen molar-refractivity contribution in [3.05, 3.63) is 0 Å². The van der Waals surface area contributed by atoms with Crippen molar-refractivity contribution < 1.29 is 5.11 Å². The van der Waals surface area contributed by atoms with E-state index in [1.54, 1.807) is 0 Å². The van der Waals surface area contributed by atoms with Crippen molar-refractivity contribution in [3.63, 3.8) is 0 Å². The lowest BCUT2D eigenvalue weighted by atomic mass is 9.82. The van der Waals surface area contributed by atoms with E-state index in [4.69, 9.17) is 0 Å². The van der Waals surface area contributed by atoms with Gasteiger partial charge in [0, 0.05) is 0 Å². The van der Waals surface area contributed by atoms with Crippen LogP contribution < -0.4 is 0 Å². The minimum atomic E-state index is -0.0649. The molecule has 14 heavy (non-hydrogen) atoms. The summed E-state index contributed by atoms with van der Waals surface area (Å²) in [4.78, 5) is 0. The summed E-state index contributed by atoms with van der Waals surface area (Å²) in [7, 11) is 0. The summed E-state index contributed by atoms with van der Waals surface area (Å²) >= 11 is 0. The normalized spacial score (nSPS) is 13.9. The zero-order chi connectivity index (χ0) is 11.0. The summed E-state index contributed by atoms with van der Waals surface area (Å²) < 4.78 is 0. The third kappa shape index (κ3) is 4.45. The van der Waals surface area contributed by atoms with Gasteiger partial charge in [0.2, 0.25) is 0 Å². The van der Waals surface area contributed by atoms with Crippen LogP contribution in [0.15, 0.2) is 0 Å². The van der Waals surface area contributed by atoms with Crippen LogP contribution in [0.5, 0.6) is 0 Å². The predicted octanol–water partition coefficient (Wildman–Crippen LogP) is 4.00. The fourth-order valence-electron chi connectivity index (χ4n) is 2.38. The van der Waals surface area contributed by atoms with E-state index in [1.807, 2.05) is 0 Å². The molecule has 0 bridgehead atoms. The average molecular weight is 200 g/mol. The van der Waals surface area contributed by atoms with Crippen LogP contribution in [-0.2, 0) is 0 Å². The molecule has 1 nitrogen and oxygen atoms in total. The van der Waals surface area contributed by atoms with Gasteiger partial charge in [0.15, 0.2) is 0 Å². The Labute approximate surface area is 89.9 Å². The summed E-state index contributed by atoms with van der Waals surface area (Å²) in [5, 5.41) is 10.2. The quantitative estimate of drug-likeness (QED) is 0.628. The van der Waals surface area contributed by atoms with Crippen LogP contribution in [-0.4, -0.2) is 11.2 Å². The van der Waals surface area contributed by atoms with Gasteiger partial charge in [-0.25, -0.2) is 0 Å². The van der Waals surface area contributed by atoms with Crippen molar-refractivity contribution in [1.82, 2.24) is 0 Å². The van der Waals surface area contributed by atoms with Gasteiger partial charge in [0.1, 0.15) is 0 Å². The minimum absolute atomic E-state index is 0.0649. The molecular weight excluding hydrogens is 172 g/mol. The van der Waals surface area contributed by atoms with Crippen LogP contribution in [0.2, 0.25) is 0 Å². The van der Waals surface area contributed by atoms with Crippen molar-refractivity contribution >= 4 is 0 Å². The Morgan fingerprint density at radius 3 is 1.50 bits per heavy atom. The fourth-order valence-corrected chi connectivity index (χ4v) is 2.38. The van der Waals surface area contributed by atoms with Crippen molar-refractivity contribution in [2.24, 2.45) is 11.8 Å². The molecule has 0 amide bonds. The molecule has 1 N–H and O–H groups in total. The van der Waals surface area contributed by atoms with E-state index in [0.29, 0.717) is 11.8 Å². The molecule has 0 fully saturated rings. The van der Waals surface area contributed by atoms with Gasteiger partial charge in [-0.15, -0.1) is 0 Å². The van der Waals surface area contributed by atoms with E-state index in [0.717, 1.165) is 12.8 Å². The largest absolute Gasteiger partial charge is 0.393 e. The zero-order valence-corrected chi connectivity index (χ0v) is 10.4. The standard InChI is InChI=1S/C13H28O/c1-5-9-12(10-6-2)13(14)11(7-3)8-4/h11-14H,5-10H2,1-4H3. The number of aliphatic hydroxyl groups excluding tert-OH is 1. The summed E-state index contributed by atoms with van der Waals surface area (Å²) in [6.45, 7) is 8.79. The summed E-state index contributed by atoms with van der Waals surface area (Å²) in [5.74, 6) is 1.05. The Kier molecular flexibility index (Phi) is 8.26. The number of rotatable bonds is 8. The lowest BCUT2D eigenvalue weighted by Crippen LogP contribution is -2.28.